The van der Waals surface area contributed by atoms with E-state index in [4.69, 9.17) is 9.47 Å². The van der Waals surface area contributed by atoms with E-state index in [1.807, 2.05) is 12.1 Å². The fourth-order valence-electron chi connectivity index (χ4n) is 2.33. The molecule has 2 rings (SSSR count). The number of hydrogen-bond donors (Lipinski definition) is 2. The van der Waals surface area contributed by atoms with Gasteiger partial charge in [-0.1, -0.05) is 6.07 Å². The topological polar surface area (TPSA) is 62.8 Å². The van der Waals surface area contributed by atoms with Crippen LogP contribution in [0.5, 0.6) is 5.75 Å². The highest BCUT2D eigenvalue weighted by Gasteiger charge is 2.10. The van der Waals surface area contributed by atoms with Gasteiger partial charge in [-0.25, -0.2) is 0 Å². The number of hydrogen-bond acceptors (Lipinski definition) is 5. The number of carbonyl (C=O) groups is 1. The monoisotopic (exact) mass is 307 g/mol. The van der Waals surface area contributed by atoms with Crippen molar-refractivity contribution in [1.29, 1.82) is 0 Å². The molecule has 0 aliphatic carbocycles. The Morgan fingerprint density at radius 2 is 2.14 bits per heavy atom. The second-order valence-electron chi connectivity index (χ2n) is 5.22. The van der Waals surface area contributed by atoms with Crippen LogP contribution in [0.15, 0.2) is 24.3 Å². The van der Waals surface area contributed by atoms with E-state index in [0.29, 0.717) is 31.1 Å². The molecule has 1 aromatic rings. The molecular formula is C16H25N3O3. The van der Waals surface area contributed by atoms with Crippen LogP contribution in [0.3, 0.4) is 0 Å². The number of carbonyl (C=O) groups excluding carboxylic acids is 1. The van der Waals surface area contributed by atoms with Gasteiger partial charge in [-0.05, 0) is 18.2 Å². The number of amides is 1. The number of piperazine rings is 1. The molecule has 0 aromatic heterocycles. The summed E-state index contributed by atoms with van der Waals surface area (Å²) >= 11 is 0. The molecule has 1 aliphatic heterocycles. The predicted molar refractivity (Wildman–Crippen MR) is 85.5 cm³/mol. The van der Waals surface area contributed by atoms with Gasteiger partial charge in [0.1, 0.15) is 12.4 Å². The number of nitrogens with zero attached hydrogens (tertiary/aromatic N) is 1. The molecule has 1 amide bonds. The lowest BCUT2D eigenvalue weighted by Crippen LogP contribution is -2.46. The Bertz CT molecular complexity index is 462. The van der Waals surface area contributed by atoms with Crippen molar-refractivity contribution in [3.8, 4) is 5.75 Å². The first-order valence-corrected chi connectivity index (χ1v) is 7.72. The average molecular weight is 307 g/mol. The molecule has 22 heavy (non-hydrogen) atoms. The van der Waals surface area contributed by atoms with E-state index >= 15 is 0 Å². The quantitative estimate of drug-likeness (QED) is 0.679. The standard InChI is InChI=1S/C16H25N3O3/c1-21-11-12-22-15-4-2-3-14(13-15)16(20)18-7-10-19-8-5-17-6-9-19/h2-4,13,17H,5-12H2,1H3,(H,18,20). The number of ether oxygens (including phenoxy) is 2. The predicted octanol–water partition coefficient (Wildman–Crippen LogP) is 0.347. The molecule has 1 fully saturated rings. The molecule has 6 nitrogen and oxygen atoms in total. The van der Waals surface area contributed by atoms with Crippen LogP contribution < -0.4 is 15.4 Å². The highest BCUT2D eigenvalue weighted by Crippen LogP contribution is 2.13. The molecule has 0 bridgehead atoms. The third kappa shape index (κ3) is 5.63. The first kappa shape index (κ1) is 16.7. The Kier molecular flexibility index (Phi) is 7.15. The maximum Gasteiger partial charge on any atom is 0.251 e. The van der Waals surface area contributed by atoms with Gasteiger partial charge < -0.3 is 20.1 Å². The summed E-state index contributed by atoms with van der Waals surface area (Å²) in [6.07, 6.45) is 0. The fraction of sp³-hybridized carbons (Fsp3) is 0.562. The normalized spacial score (nSPS) is 15.5. The molecule has 2 N–H and O–H groups in total. The van der Waals surface area contributed by atoms with Crippen LogP contribution >= 0.6 is 0 Å². The highest BCUT2D eigenvalue weighted by molar-refractivity contribution is 5.94. The lowest BCUT2D eigenvalue weighted by molar-refractivity contribution is 0.0946. The van der Waals surface area contributed by atoms with Crippen molar-refractivity contribution < 1.29 is 14.3 Å². The first-order chi connectivity index (χ1) is 10.8. The van der Waals surface area contributed by atoms with Gasteiger partial charge in [0.15, 0.2) is 0 Å². The molecule has 0 saturated carbocycles. The van der Waals surface area contributed by atoms with E-state index in [1.54, 1.807) is 19.2 Å². The molecule has 1 aliphatic rings. The molecule has 0 unspecified atom stereocenters. The second-order valence-corrected chi connectivity index (χ2v) is 5.22. The third-order valence-corrected chi connectivity index (χ3v) is 3.58. The number of methoxy groups -OCH3 is 1. The minimum Gasteiger partial charge on any atom is -0.491 e. The van der Waals surface area contributed by atoms with Gasteiger partial charge in [-0.3, -0.25) is 9.69 Å². The molecule has 0 atom stereocenters. The molecule has 1 saturated heterocycles. The maximum atomic E-state index is 12.1. The smallest absolute Gasteiger partial charge is 0.251 e. The largest absolute Gasteiger partial charge is 0.491 e. The van der Waals surface area contributed by atoms with E-state index in [0.717, 1.165) is 32.7 Å². The van der Waals surface area contributed by atoms with Crippen molar-refractivity contribution in [2.75, 3.05) is 59.6 Å². The van der Waals surface area contributed by atoms with E-state index in [9.17, 15) is 4.79 Å². The zero-order valence-corrected chi connectivity index (χ0v) is 13.1. The van der Waals surface area contributed by atoms with Crippen molar-refractivity contribution >= 4 is 5.91 Å². The van der Waals surface area contributed by atoms with Crippen molar-refractivity contribution in [2.24, 2.45) is 0 Å². The Morgan fingerprint density at radius 3 is 2.91 bits per heavy atom. The summed E-state index contributed by atoms with van der Waals surface area (Å²) in [4.78, 5) is 14.5. The zero-order chi connectivity index (χ0) is 15.6. The average Bonchev–Trinajstić information content (AvgIpc) is 2.56. The number of rotatable bonds is 8. The highest BCUT2D eigenvalue weighted by atomic mass is 16.5. The Morgan fingerprint density at radius 1 is 1.32 bits per heavy atom. The number of benzene rings is 1. The SMILES string of the molecule is COCCOc1cccc(C(=O)NCCN2CCNCC2)c1. The molecule has 0 spiro atoms. The van der Waals surface area contributed by atoms with E-state index in [2.05, 4.69) is 15.5 Å². The molecule has 1 heterocycles. The van der Waals surface area contributed by atoms with Gasteiger partial charge in [0, 0.05) is 51.9 Å². The van der Waals surface area contributed by atoms with Gasteiger partial charge in [-0.15, -0.1) is 0 Å². The molecular weight excluding hydrogens is 282 g/mol. The van der Waals surface area contributed by atoms with Crippen LogP contribution in [-0.2, 0) is 4.74 Å². The van der Waals surface area contributed by atoms with Gasteiger partial charge in [-0.2, -0.15) is 0 Å². The Hall–Kier alpha value is -1.63. The molecule has 122 valence electrons. The van der Waals surface area contributed by atoms with Crippen LogP contribution in [0.2, 0.25) is 0 Å². The van der Waals surface area contributed by atoms with Crippen molar-refractivity contribution in [2.45, 2.75) is 0 Å². The summed E-state index contributed by atoms with van der Waals surface area (Å²) < 4.78 is 10.5. The van der Waals surface area contributed by atoms with Crippen molar-refractivity contribution in [3.63, 3.8) is 0 Å². The molecule has 6 heteroatoms. The zero-order valence-electron chi connectivity index (χ0n) is 13.1. The molecule has 1 aromatic carbocycles. The summed E-state index contributed by atoms with van der Waals surface area (Å²) in [5.74, 6) is 0.624. The van der Waals surface area contributed by atoms with Crippen molar-refractivity contribution in [1.82, 2.24) is 15.5 Å². The minimum absolute atomic E-state index is 0.0627. The van der Waals surface area contributed by atoms with Crippen molar-refractivity contribution in [3.05, 3.63) is 29.8 Å². The van der Waals surface area contributed by atoms with Gasteiger partial charge >= 0.3 is 0 Å². The van der Waals surface area contributed by atoms with Gasteiger partial charge in [0.2, 0.25) is 0 Å². The third-order valence-electron chi connectivity index (χ3n) is 3.58. The summed E-state index contributed by atoms with van der Waals surface area (Å²) in [5.41, 5.74) is 0.621. The van der Waals surface area contributed by atoms with E-state index in [1.165, 1.54) is 0 Å². The summed E-state index contributed by atoms with van der Waals surface area (Å²) in [5, 5.41) is 6.27. The summed E-state index contributed by atoms with van der Waals surface area (Å²) in [6.45, 7) is 6.68. The summed E-state index contributed by atoms with van der Waals surface area (Å²) in [7, 11) is 1.63. The van der Waals surface area contributed by atoms with Gasteiger partial charge in [0.25, 0.3) is 5.91 Å². The minimum atomic E-state index is -0.0627. The molecule has 0 radical (unpaired) electrons. The van der Waals surface area contributed by atoms with Crippen LogP contribution in [0.25, 0.3) is 0 Å². The first-order valence-electron chi connectivity index (χ1n) is 7.72. The van der Waals surface area contributed by atoms with E-state index < -0.39 is 0 Å². The van der Waals surface area contributed by atoms with E-state index in [-0.39, 0.29) is 5.91 Å². The Labute approximate surface area is 131 Å². The Balaban J connectivity index is 1.75. The summed E-state index contributed by atoms with van der Waals surface area (Å²) in [6, 6.07) is 7.22. The van der Waals surface area contributed by atoms with Crippen LogP contribution in [0.4, 0.5) is 0 Å². The lowest BCUT2D eigenvalue weighted by atomic mass is 10.2. The lowest BCUT2D eigenvalue weighted by Gasteiger charge is -2.27. The fourth-order valence-corrected chi connectivity index (χ4v) is 2.33. The van der Waals surface area contributed by atoms with Crippen LogP contribution in [-0.4, -0.2) is 70.4 Å². The van der Waals surface area contributed by atoms with Gasteiger partial charge in [0.05, 0.1) is 6.61 Å². The number of nitrogens with one attached hydrogen (secondary N) is 2. The second kappa shape index (κ2) is 9.40. The van der Waals surface area contributed by atoms with Crippen LogP contribution in [0.1, 0.15) is 10.4 Å². The maximum absolute atomic E-state index is 12.1. The van der Waals surface area contributed by atoms with Crippen LogP contribution in [0, 0.1) is 0 Å².